The lowest BCUT2D eigenvalue weighted by molar-refractivity contribution is -0.116. The lowest BCUT2D eigenvalue weighted by Gasteiger charge is -2.22. The molecule has 2 heterocycles. The number of carbonyl (C=O) groups excluding carboxylic acids is 1. The Morgan fingerprint density at radius 3 is 2.85 bits per heavy atom. The first-order chi connectivity index (χ1) is 13.0. The van der Waals surface area contributed by atoms with Gasteiger partial charge in [-0.25, -0.2) is 8.42 Å². The average molecular weight is 409 g/mol. The van der Waals surface area contributed by atoms with E-state index in [1.165, 1.54) is 4.31 Å². The van der Waals surface area contributed by atoms with Crippen LogP contribution in [0, 0.1) is 0 Å². The van der Waals surface area contributed by atoms with Crippen molar-refractivity contribution in [1.82, 2.24) is 4.31 Å². The number of hydrogen-bond donors (Lipinski definition) is 1. The standard InChI is InChI=1S/C19H24N2O4S2/c1-25-11-4-10-21(14-16-6-3-12-26-16)27(23,24)17-8-9-18-15(13-17)5-2-7-19(22)20-18/h3,6,8-9,12-13H,2,4-5,7,10-11,14H2,1H3,(H,20,22). The number of benzene rings is 1. The van der Waals surface area contributed by atoms with Gasteiger partial charge in [0.15, 0.2) is 0 Å². The lowest BCUT2D eigenvalue weighted by Crippen LogP contribution is -2.32. The number of amides is 1. The number of rotatable bonds is 8. The van der Waals surface area contributed by atoms with Crippen molar-refractivity contribution >= 4 is 33.0 Å². The molecule has 1 aromatic carbocycles. The van der Waals surface area contributed by atoms with Crippen LogP contribution in [0.3, 0.4) is 0 Å². The number of anilines is 1. The Hall–Kier alpha value is -1.74. The van der Waals surface area contributed by atoms with E-state index in [2.05, 4.69) is 5.32 Å². The minimum absolute atomic E-state index is 0.0248. The van der Waals surface area contributed by atoms with E-state index in [9.17, 15) is 13.2 Å². The third kappa shape index (κ3) is 4.95. The SMILES string of the molecule is COCCCN(Cc1cccs1)S(=O)(=O)c1ccc2c(c1)CCCC(=O)N2. The van der Waals surface area contributed by atoms with E-state index in [4.69, 9.17) is 4.74 Å². The molecular weight excluding hydrogens is 384 g/mol. The first-order valence-electron chi connectivity index (χ1n) is 8.95. The number of sulfonamides is 1. The molecule has 0 saturated carbocycles. The zero-order valence-corrected chi connectivity index (χ0v) is 16.9. The van der Waals surface area contributed by atoms with E-state index >= 15 is 0 Å². The topological polar surface area (TPSA) is 75.7 Å². The second-order valence-corrected chi connectivity index (χ2v) is 9.46. The predicted octanol–water partition coefficient (Wildman–Crippen LogP) is 3.25. The summed E-state index contributed by atoms with van der Waals surface area (Å²) in [6, 6.07) is 8.84. The van der Waals surface area contributed by atoms with Crippen molar-refractivity contribution in [2.24, 2.45) is 0 Å². The molecule has 0 atom stereocenters. The molecule has 0 bridgehead atoms. The van der Waals surface area contributed by atoms with Crippen LogP contribution in [-0.2, 0) is 32.5 Å². The summed E-state index contributed by atoms with van der Waals surface area (Å²) in [5, 5.41) is 4.79. The Morgan fingerprint density at radius 1 is 1.26 bits per heavy atom. The summed E-state index contributed by atoms with van der Waals surface area (Å²) >= 11 is 1.54. The molecule has 6 nitrogen and oxygen atoms in total. The van der Waals surface area contributed by atoms with Crippen molar-refractivity contribution in [2.75, 3.05) is 25.6 Å². The van der Waals surface area contributed by atoms with Crippen LogP contribution >= 0.6 is 11.3 Å². The number of nitrogens with one attached hydrogen (secondary N) is 1. The summed E-state index contributed by atoms with van der Waals surface area (Å²) in [6.45, 7) is 1.24. The molecule has 0 saturated heterocycles. The summed E-state index contributed by atoms with van der Waals surface area (Å²) in [5.74, 6) is -0.0248. The highest BCUT2D eigenvalue weighted by Gasteiger charge is 2.26. The Balaban J connectivity index is 1.88. The third-order valence-electron chi connectivity index (χ3n) is 4.51. The minimum Gasteiger partial charge on any atom is -0.385 e. The molecule has 0 fully saturated rings. The molecular formula is C19H24N2O4S2. The van der Waals surface area contributed by atoms with Crippen molar-refractivity contribution in [3.05, 3.63) is 46.2 Å². The summed E-state index contributed by atoms with van der Waals surface area (Å²) in [5.41, 5.74) is 1.58. The fraction of sp³-hybridized carbons (Fsp3) is 0.421. The Kier molecular flexibility index (Phi) is 6.64. The van der Waals surface area contributed by atoms with E-state index in [0.717, 1.165) is 16.9 Å². The van der Waals surface area contributed by atoms with E-state index in [0.29, 0.717) is 44.6 Å². The van der Waals surface area contributed by atoms with Gasteiger partial charge in [0, 0.05) is 43.8 Å². The predicted molar refractivity (Wildman–Crippen MR) is 106 cm³/mol. The van der Waals surface area contributed by atoms with Crippen LogP contribution in [0.5, 0.6) is 0 Å². The Bertz CT molecular complexity index is 879. The molecule has 8 heteroatoms. The molecule has 146 valence electrons. The number of carbonyl (C=O) groups is 1. The van der Waals surface area contributed by atoms with Crippen LogP contribution in [0.4, 0.5) is 5.69 Å². The number of fused-ring (bicyclic) bond motifs is 1. The monoisotopic (exact) mass is 408 g/mol. The molecule has 1 aliphatic rings. The quantitative estimate of drug-likeness (QED) is 0.681. The van der Waals surface area contributed by atoms with Gasteiger partial charge < -0.3 is 10.1 Å². The first-order valence-corrected chi connectivity index (χ1v) is 11.3. The molecule has 3 rings (SSSR count). The largest absolute Gasteiger partial charge is 0.385 e. The van der Waals surface area contributed by atoms with Crippen LogP contribution in [-0.4, -0.2) is 38.9 Å². The van der Waals surface area contributed by atoms with Crippen molar-refractivity contribution in [2.45, 2.75) is 37.1 Å². The number of ether oxygens (including phenoxy) is 1. The summed E-state index contributed by atoms with van der Waals surface area (Å²) in [6.07, 6.45) is 2.49. The van der Waals surface area contributed by atoms with Gasteiger partial charge in [-0.1, -0.05) is 6.07 Å². The summed E-state index contributed by atoms with van der Waals surface area (Å²) in [4.78, 5) is 13.0. The number of methoxy groups -OCH3 is 1. The molecule has 2 aromatic rings. The van der Waals surface area contributed by atoms with Gasteiger partial charge in [-0.3, -0.25) is 4.79 Å². The van der Waals surface area contributed by atoms with Crippen molar-refractivity contribution in [3.63, 3.8) is 0 Å². The lowest BCUT2D eigenvalue weighted by atomic mass is 10.1. The summed E-state index contributed by atoms with van der Waals surface area (Å²) in [7, 11) is -2.03. The van der Waals surface area contributed by atoms with Gasteiger partial charge in [-0.15, -0.1) is 11.3 Å². The molecule has 0 unspecified atom stereocenters. The molecule has 1 amide bonds. The Labute approximate surface area is 164 Å². The van der Waals surface area contributed by atoms with E-state index < -0.39 is 10.0 Å². The second-order valence-electron chi connectivity index (χ2n) is 6.48. The van der Waals surface area contributed by atoms with E-state index in [1.807, 2.05) is 17.5 Å². The van der Waals surface area contributed by atoms with Crippen molar-refractivity contribution in [1.29, 1.82) is 0 Å². The summed E-state index contributed by atoms with van der Waals surface area (Å²) < 4.78 is 33.2. The van der Waals surface area contributed by atoms with Crippen LogP contribution in [0.15, 0.2) is 40.6 Å². The number of aryl methyl sites for hydroxylation is 1. The third-order valence-corrected chi connectivity index (χ3v) is 7.21. The van der Waals surface area contributed by atoms with Gasteiger partial charge in [0.1, 0.15) is 0 Å². The van der Waals surface area contributed by atoms with Crippen LogP contribution in [0.25, 0.3) is 0 Å². The van der Waals surface area contributed by atoms with E-state index in [1.54, 1.807) is 36.6 Å². The minimum atomic E-state index is -3.64. The van der Waals surface area contributed by atoms with Gasteiger partial charge in [-0.2, -0.15) is 4.31 Å². The van der Waals surface area contributed by atoms with Crippen LogP contribution in [0.1, 0.15) is 29.7 Å². The molecule has 27 heavy (non-hydrogen) atoms. The maximum atomic E-state index is 13.3. The fourth-order valence-corrected chi connectivity index (χ4v) is 5.42. The maximum Gasteiger partial charge on any atom is 0.243 e. The highest BCUT2D eigenvalue weighted by atomic mass is 32.2. The highest BCUT2D eigenvalue weighted by molar-refractivity contribution is 7.89. The van der Waals surface area contributed by atoms with Gasteiger partial charge in [0.2, 0.25) is 15.9 Å². The van der Waals surface area contributed by atoms with Gasteiger partial charge >= 0.3 is 0 Å². The molecule has 0 aliphatic carbocycles. The smallest absolute Gasteiger partial charge is 0.243 e. The molecule has 0 spiro atoms. The van der Waals surface area contributed by atoms with Crippen molar-refractivity contribution < 1.29 is 17.9 Å². The maximum absolute atomic E-state index is 13.3. The van der Waals surface area contributed by atoms with Gasteiger partial charge in [0.25, 0.3) is 0 Å². The molecule has 1 aromatic heterocycles. The van der Waals surface area contributed by atoms with E-state index in [-0.39, 0.29) is 10.8 Å². The average Bonchev–Trinajstić information content (AvgIpc) is 3.08. The number of nitrogens with zero attached hydrogens (tertiary/aromatic N) is 1. The second kappa shape index (κ2) is 8.97. The van der Waals surface area contributed by atoms with Gasteiger partial charge in [-0.05, 0) is 54.5 Å². The van der Waals surface area contributed by atoms with Crippen LogP contribution < -0.4 is 5.32 Å². The Morgan fingerprint density at radius 2 is 2.11 bits per heavy atom. The normalized spacial score (nSPS) is 14.7. The zero-order chi connectivity index (χ0) is 19.3. The van der Waals surface area contributed by atoms with Crippen molar-refractivity contribution in [3.8, 4) is 0 Å². The fourth-order valence-electron chi connectivity index (χ4n) is 3.11. The molecule has 1 N–H and O–H groups in total. The highest BCUT2D eigenvalue weighted by Crippen LogP contribution is 2.28. The van der Waals surface area contributed by atoms with Gasteiger partial charge in [0.05, 0.1) is 4.90 Å². The zero-order valence-electron chi connectivity index (χ0n) is 15.3. The molecule has 0 radical (unpaired) electrons. The number of thiophene rings is 1. The first kappa shape index (κ1) is 20.0. The molecule has 1 aliphatic heterocycles. The number of hydrogen-bond acceptors (Lipinski definition) is 5. The van der Waals surface area contributed by atoms with Crippen LogP contribution in [0.2, 0.25) is 0 Å².